The van der Waals surface area contributed by atoms with Crippen molar-refractivity contribution in [2.45, 2.75) is 11.1 Å². The molecule has 0 fully saturated rings. The fourth-order valence-electron chi connectivity index (χ4n) is 1.43. The number of carbonyl (C=O) groups is 1. The van der Waals surface area contributed by atoms with Gasteiger partial charge in [0.2, 0.25) is 0 Å². The van der Waals surface area contributed by atoms with E-state index in [-0.39, 0.29) is 20.9 Å². The molecule has 2 rings (SSSR count). The minimum absolute atomic E-state index is 0.0583. The summed E-state index contributed by atoms with van der Waals surface area (Å²) in [4.78, 5) is 15.9. The third-order valence-electron chi connectivity index (χ3n) is 2.30. The molecule has 1 amide bonds. The van der Waals surface area contributed by atoms with Crippen LogP contribution in [-0.4, -0.2) is 19.3 Å². The van der Waals surface area contributed by atoms with E-state index in [1.807, 2.05) is 0 Å². The second-order valence-electron chi connectivity index (χ2n) is 3.79. The van der Waals surface area contributed by atoms with Crippen LogP contribution in [0.2, 0.25) is 0 Å². The first-order chi connectivity index (χ1) is 9.27. The van der Waals surface area contributed by atoms with Gasteiger partial charge < -0.3 is 0 Å². The summed E-state index contributed by atoms with van der Waals surface area (Å²) in [7, 11) is 1.43. The minimum atomic E-state index is -3.84. The number of hydrogen-bond acceptors (Lipinski definition) is 5. The van der Waals surface area contributed by atoms with E-state index >= 15 is 0 Å². The normalized spacial score (nSPS) is 11.3. The Kier molecular flexibility index (Phi) is 4.67. The molecule has 5 nitrogen and oxygen atoms in total. The molecule has 0 bridgehead atoms. The van der Waals surface area contributed by atoms with Gasteiger partial charge >= 0.3 is 0 Å². The summed E-state index contributed by atoms with van der Waals surface area (Å²) in [6, 6.07) is 6.96. The molecule has 1 aromatic heterocycles. The summed E-state index contributed by atoms with van der Waals surface area (Å²) in [6.07, 6.45) is 0. The van der Waals surface area contributed by atoms with Crippen LogP contribution in [0.4, 0.5) is 5.13 Å². The zero-order valence-electron chi connectivity index (χ0n) is 10.1. The number of aryl methyl sites for hydroxylation is 1. The Labute approximate surface area is 137 Å². The van der Waals surface area contributed by atoms with Gasteiger partial charge in [-0.05, 0) is 53.8 Å². The van der Waals surface area contributed by atoms with Gasteiger partial charge in [0.1, 0.15) is 0 Å². The van der Waals surface area contributed by atoms with Crippen molar-refractivity contribution in [1.82, 2.24) is 4.98 Å². The van der Waals surface area contributed by atoms with Crippen LogP contribution >= 0.6 is 44.6 Å². The van der Waals surface area contributed by atoms with E-state index in [4.69, 9.17) is 10.7 Å². The summed E-state index contributed by atoms with van der Waals surface area (Å²) in [5, 5.41) is 2.75. The maximum absolute atomic E-state index is 12.0. The Morgan fingerprint density at radius 1 is 1.35 bits per heavy atom. The Morgan fingerprint density at radius 3 is 2.45 bits per heavy atom. The van der Waals surface area contributed by atoms with Gasteiger partial charge in [-0.15, -0.1) is 0 Å². The van der Waals surface area contributed by atoms with Crippen molar-refractivity contribution >= 4 is 64.7 Å². The molecule has 2 aromatic rings. The number of rotatable bonds is 3. The highest BCUT2D eigenvalue weighted by molar-refractivity contribution is 14.1. The number of anilines is 1. The van der Waals surface area contributed by atoms with Crippen LogP contribution < -0.4 is 5.32 Å². The second-order valence-corrected chi connectivity index (χ2v) is 8.80. The van der Waals surface area contributed by atoms with Gasteiger partial charge in [-0.1, -0.05) is 11.3 Å². The van der Waals surface area contributed by atoms with E-state index < -0.39 is 9.05 Å². The summed E-state index contributed by atoms with van der Waals surface area (Å²) in [6.45, 7) is 1.52. The molecular weight excluding hydrogens is 435 g/mol. The van der Waals surface area contributed by atoms with Crippen LogP contribution in [0.1, 0.15) is 16.1 Å². The Bertz CT molecular complexity index is 756. The fraction of sp³-hybridized carbons (Fsp3) is 0.0909. The molecule has 0 spiro atoms. The summed E-state index contributed by atoms with van der Waals surface area (Å²) in [5.41, 5.74) is 0.733. The molecule has 0 aliphatic rings. The van der Waals surface area contributed by atoms with Gasteiger partial charge in [-0.2, -0.15) is 0 Å². The first-order valence-corrected chi connectivity index (χ1v) is 9.47. The maximum Gasteiger partial charge on any atom is 0.272 e. The summed E-state index contributed by atoms with van der Waals surface area (Å²) < 4.78 is 23.5. The Balaban J connectivity index is 2.23. The number of benzene rings is 1. The van der Waals surface area contributed by atoms with Crippen LogP contribution in [0.25, 0.3) is 0 Å². The number of halogens is 2. The molecule has 106 valence electrons. The molecule has 0 saturated heterocycles. The number of carbonyl (C=O) groups excluding carboxylic acids is 1. The van der Waals surface area contributed by atoms with E-state index in [1.165, 1.54) is 6.92 Å². The second kappa shape index (κ2) is 5.96. The summed E-state index contributed by atoms with van der Waals surface area (Å²) in [5.74, 6) is -0.353. The van der Waals surface area contributed by atoms with Gasteiger partial charge in [0, 0.05) is 19.8 Å². The van der Waals surface area contributed by atoms with Crippen molar-refractivity contribution in [3.8, 4) is 0 Å². The van der Waals surface area contributed by atoms with E-state index in [9.17, 15) is 13.2 Å². The van der Waals surface area contributed by atoms with Gasteiger partial charge in [-0.3, -0.25) is 10.1 Å². The molecule has 0 aliphatic carbocycles. The number of aromatic nitrogens is 1. The molecule has 0 unspecified atom stereocenters. The van der Waals surface area contributed by atoms with Crippen LogP contribution in [0.3, 0.4) is 0 Å². The number of nitrogens with one attached hydrogen (secondary N) is 1. The minimum Gasteiger partial charge on any atom is -0.298 e. The predicted molar refractivity (Wildman–Crippen MR) is 87.0 cm³/mol. The molecular formula is C11H8ClIN2O3S2. The SMILES string of the molecule is Cc1nc(NC(=O)c2ccc(I)cc2)sc1S(=O)(=O)Cl. The fourth-order valence-corrected chi connectivity index (χ4v) is 4.14. The van der Waals surface area contributed by atoms with Crippen molar-refractivity contribution in [2.75, 3.05) is 5.32 Å². The molecule has 20 heavy (non-hydrogen) atoms. The first kappa shape index (κ1) is 15.7. The molecule has 1 N–H and O–H groups in total. The quantitative estimate of drug-likeness (QED) is 0.585. The smallest absolute Gasteiger partial charge is 0.272 e. The van der Waals surface area contributed by atoms with E-state index in [0.717, 1.165) is 14.9 Å². The lowest BCUT2D eigenvalue weighted by atomic mass is 10.2. The molecule has 9 heteroatoms. The lowest BCUT2D eigenvalue weighted by Gasteiger charge is -2.01. The van der Waals surface area contributed by atoms with Crippen LogP contribution in [-0.2, 0) is 9.05 Å². The maximum atomic E-state index is 12.0. The number of amides is 1. The third kappa shape index (κ3) is 3.68. The van der Waals surface area contributed by atoms with Gasteiger partial charge in [0.25, 0.3) is 15.0 Å². The van der Waals surface area contributed by atoms with E-state index in [0.29, 0.717) is 5.56 Å². The highest BCUT2D eigenvalue weighted by Crippen LogP contribution is 2.29. The topological polar surface area (TPSA) is 76.1 Å². The Morgan fingerprint density at radius 2 is 1.95 bits per heavy atom. The lowest BCUT2D eigenvalue weighted by Crippen LogP contribution is -2.11. The summed E-state index contributed by atoms with van der Waals surface area (Å²) >= 11 is 2.96. The zero-order valence-corrected chi connectivity index (χ0v) is 14.6. The lowest BCUT2D eigenvalue weighted by molar-refractivity contribution is 0.102. The largest absolute Gasteiger partial charge is 0.298 e. The highest BCUT2D eigenvalue weighted by atomic mass is 127. The van der Waals surface area contributed by atoms with Gasteiger partial charge in [0.15, 0.2) is 9.34 Å². The van der Waals surface area contributed by atoms with Crippen LogP contribution in [0.5, 0.6) is 0 Å². The van der Waals surface area contributed by atoms with Crippen LogP contribution in [0.15, 0.2) is 28.5 Å². The third-order valence-corrected chi connectivity index (χ3v) is 6.27. The number of nitrogens with zero attached hydrogens (tertiary/aromatic N) is 1. The standard InChI is InChI=1S/C11H8ClIN2O3S2/c1-6-10(20(12,17)18)19-11(14-6)15-9(16)7-2-4-8(13)5-3-7/h2-5H,1H3,(H,14,15,16). The first-order valence-electron chi connectivity index (χ1n) is 5.26. The molecule has 0 saturated carbocycles. The van der Waals surface area contributed by atoms with Gasteiger partial charge in [0.05, 0.1) is 5.69 Å². The molecule has 0 radical (unpaired) electrons. The molecule has 0 atom stereocenters. The van der Waals surface area contributed by atoms with Crippen molar-refractivity contribution in [1.29, 1.82) is 0 Å². The van der Waals surface area contributed by atoms with E-state index in [1.54, 1.807) is 24.3 Å². The van der Waals surface area contributed by atoms with E-state index in [2.05, 4.69) is 32.9 Å². The molecule has 1 heterocycles. The monoisotopic (exact) mass is 442 g/mol. The predicted octanol–water partition coefficient (Wildman–Crippen LogP) is 3.24. The zero-order chi connectivity index (χ0) is 14.9. The van der Waals surface area contributed by atoms with Gasteiger partial charge in [-0.25, -0.2) is 13.4 Å². The average Bonchev–Trinajstić information content (AvgIpc) is 2.70. The Hall–Kier alpha value is -0.710. The molecule has 0 aliphatic heterocycles. The number of hydrogen-bond donors (Lipinski definition) is 1. The van der Waals surface area contributed by atoms with Crippen molar-refractivity contribution in [3.63, 3.8) is 0 Å². The number of thiazole rings is 1. The highest BCUT2D eigenvalue weighted by Gasteiger charge is 2.20. The molecule has 1 aromatic carbocycles. The van der Waals surface area contributed by atoms with Crippen molar-refractivity contribution in [2.24, 2.45) is 0 Å². The average molecular weight is 443 g/mol. The van der Waals surface area contributed by atoms with Crippen LogP contribution in [0, 0.1) is 10.5 Å². The van der Waals surface area contributed by atoms with Crippen molar-refractivity contribution in [3.05, 3.63) is 39.1 Å². The van der Waals surface area contributed by atoms with Crippen molar-refractivity contribution < 1.29 is 13.2 Å².